The van der Waals surface area contributed by atoms with Gasteiger partial charge in [-0.2, -0.15) is 0 Å². The first kappa shape index (κ1) is 18.3. The van der Waals surface area contributed by atoms with Crippen molar-refractivity contribution in [3.63, 3.8) is 0 Å². The summed E-state index contributed by atoms with van der Waals surface area (Å²) in [4.78, 5) is 12.7. The Morgan fingerprint density at radius 3 is 2.07 bits per heavy atom. The maximum absolute atomic E-state index is 12.7. The minimum absolute atomic E-state index is 0.429. The van der Waals surface area contributed by atoms with Crippen LogP contribution in [-0.2, 0) is 15.1 Å². The van der Waals surface area contributed by atoms with E-state index in [1.807, 2.05) is 79.7 Å². The van der Waals surface area contributed by atoms with Gasteiger partial charge in [0.1, 0.15) is 5.75 Å². The number of esters is 1. The molecule has 0 saturated carbocycles. The summed E-state index contributed by atoms with van der Waals surface area (Å²) in [6.45, 7) is 1.91. The summed E-state index contributed by atoms with van der Waals surface area (Å²) in [6, 6.07) is 23.3. The van der Waals surface area contributed by atoms with E-state index >= 15 is 0 Å². The molecule has 0 fully saturated rings. The van der Waals surface area contributed by atoms with Crippen LogP contribution in [-0.4, -0.2) is 13.1 Å². The van der Waals surface area contributed by atoms with Crippen LogP contribution in [0.1, 0.15) is 22.3 Å². The average molecular weight is 391 g/mol. The first-order valence-corrected chi connectivity index (χ1v) is 9.35. The Kier molecular flexibility index (Phi) is 4.70. The highest BCUT2D eigenvalue weighted by atomic mass is 35.5. The summed E-state index contributed by atoms with van der Waals surface area (Å²) >= 11 is 6.33. The van der Waals surface area contributed by atoms with Gasteiger partial charge in [0.05, 0.1) is 12.7 Å². The summed E-state index contributed by atoms with van der Waals surface area (Å²) < 4.78 is 11.7. The zero-order chi connectivity index (χ0) is 19.7. The number of aryl methyl sites for hydroxylation is 1. The molecule has 140 valence electrons. The van der Waals surface area contributed by atoms with Crippen molar-refractivity contribution in [2.75, 3.05) is 7.11 Å². The first-order valence-electron chi connectivity index (χ1n) is 8.97. The smallest absolute Gasteiger partial charge is 0.338 e. The summed E-state index contributed by atoms with van der Waals surface area (Å²) in [5.41, 5.74) is 2.81. The second kappa shape index (κ2) is 7.17. The highest BCUT2D eigenvalue weighted by Crippen LogP contribution is 2.46. The molecule has 1 heterocycles. The Morgan fingerprint density at radius 2 is 1.54 bits per heavy atom. The van der Waals surface area contributed by atoms with Crippen molar-refractivity contribution in [3.05, 3.63) is 106 Å². The molecule has 1 aliphatic rings. The van der Waals surface area contributed by atoms with Gasteiger partial charge >= 0.3 is 5.97 Å². The molecular weight excluding hydrogens is 372 g/mol. The van der Waals surface area contributed by atoms with Crippen molar-refractivity contribution < 1.29 is 14.3 Å². The lowest BCUT2D eigenvalue weighted by atomic mass is 9.81. The van der Waals surface area contributed by atoms with E-state index in [0.29, 0.717) is 21.9 Å². The summed E-state index contributed by atoms with van der Waals surface area (Å²) in [6.07, 6.45) is 1.83. The Labute approximate surface area is 169 Å². The van der Waals surface area contributed by atoms with Gasteiger partial charge in [0.2, 0.25) is 0 Å². The number of hydrogen-bond acceptors (Lipinski definition) is 3. The minimum atomic E-state index is -0.959. The van der Waals surface area contributed by atoms with Crippen molar-refractivity contribution in [3.8, 4) is 5.75 Å². The van der Waals surface area contributed by atoms with Gasteiger partial charge in [-0.15, -0.1) is 0 Å². The highest BCUT2D eigenvalue weighted by Gasteiger charge is 2.41. The van der Waals surface area contributed by atoms with E-state index in [1.54, 1.807) is 6.07 Å². The quantitative estimate of drug-likeness (QED) is 0.551. The van der Waals surface area contributed by atoms with E-state index in [2.05, 4.69) is 0 Å². The van der Waals surface area contributed by atoms with Crippen LogP contribution in [0.5, 0.6) is 5.75 Å². The number of ether oxygens (including phenoxy) is 2. The molecule has 4 heteroatoms. The molecule has 3 aromatic carbocycles. The Balaban J connectivity index is 2.05. The van der Waals surface area contributed by atoms with Gasteiger partial charge < -0.3 is 9.47 Å². The van der Waals surface area contributed by atoms with Crippen LogP contribution >= 0.6 is 11.6 Å². The molecule has 0 aliphatic carbocycles. The predicted molar refractivity (Wildman–Crippen MR) is 110 cm³/mol. The van der Waals surface area contributed by atoms with E-state index in [-0.39, 0.29) is 0 Å². The number of benzene rings is 3. The zero-order valence-electron chi connectivity index (χ0n) is 15.6. The lowest BCUT2D eigenvalue weighted by Crippen LogP contribution is -2.36. The van der Waals surface area contributed by atoms with E-state index in [4.69, 9.17) is 21.1 Å². The largest absolute Gasteiger partial charge is 0.473 e. The van der Waals surface area contributed by atoms with Crippen molar-refractivity contribution in [1.29, 1.82) is 0 Å². The van der Waals surface area contributed by atoms with Crippen molar-refractivity contribution in [2.24, 2.45) is 0 Å². The van der Waals surface area contributed by atoms with Crippen LogP contribution in [0, 0.1) is 6.92 Å². The second-order valence-electron chi connectivity index (χ2n) is 6.72. The molecular formula is C24H19ClO3. The first-order chi connectivity index (χ1) is 13.5. The molecule has 4 rings (SSSR count). The molecule has 3 nitrogen and oxygen atoms in total. The molecule has 0 N–H and O–H groups in total. The lowest BCUT2D eigenvalue weighted by Gasteiger charge is -2.37. The SMILES string of the molecule is COC(=O)C1=CC(c2ccccc2)(c2ccccc2)Oc2cc(C)c(Cl)cc21. The van der Waals surface area contributed by atoms with Crippen LogP contribution in [0.25, 0.3) is 5.57 Å². The van der Waals surface area contributed by atoms with Gasteiger partial charge in [-0.1, -0.05) is 72.3 Å². The third-order valence-corrected chi connectivity index (χ3v) is 5.39. The Hall–Kier alpha value is -3.04. The van der Waals surface area contributed by atoms with Crippen LogP contribution in [0.3, 0.4) is 0 Å². The summed E-state index contributed by atoms with van der Waals surface area (Å²) in [5.74, 6) is 0.165. The van der Waals surface area contributed by atoms with Crippen molar-refractivity contribution in [1.82, 2.24) is 0 Å². The molecule has 0 radical (unpaired) electrons. The molecule has 1 aliphatic heterocycles. The minimum Gasteiger partial charge on any atom is -0.473 e. The van der Waals surface area contributed by atoms with Crippen LogP contribution in [0.4, 0.5) is 0 Å². The average Bonchev–Trinajstić information content (AvgIpc) is 2.74. The molecule has 0 amide bonds. The zero-order valence-corrected chi connectivity index (χ0v) is 16.4. The third-order valence-electron chi connectivity index (χ3n) is 4.98. The maximum Gasteiger partial charge on any atom is 0.338 e. The fraction of sp³-hybridized carbons (Fsp3) is 0.125. The Morgan fingerprint density at radius 1 is 0.964 bits per heavy atom. The van der Waals surface area contributed by atoms with Crippen LogP contribution < -0.4 is 4.74 Å². The van der Waals surface area contributed by atoms with Crippen molar-refractivity contribution in [2.45, 2.75) is 12.5 Å². The molecule has 3 aromatic rings. The van der Waals surface area contributed by atoms with E-state index in [1.165, 1.54) is 7.11 Å². The van der Waals surface area contributed by atoms with E-state index < -0.39 is 11.6 Å². The highest BCUT2D eigenvalue weighted by molar-refractivity contribution is 6.32. The number of carbonyl (C=O) groups excluding carboxylic acids is 1. The predicted octanol–water partition coefficient (Wildman–Crippen LogP) is 5.54. The van der Waals surface area contributed by atoms with E-state index in [9.17, 15) is 4.79 Å². The second-order valence-corrected chi connectivity index (χ2v) is 7.12. The number of carbonyl (C=O) groups is 1. The number of halogens is 1. The van der Waals surface area contributed by atoms with Crippen LogP contribution in [0.2, 0.25) is 5.02 Å². The number of methoxy groups -OCH3 is 1. The number of rotatable bonds is 3. The molecule has 0 unspecified atom stereocenters. The van der Waals surface area contributed by atoms with Gasteiger partial charge in [0.25, 0.3) is 0 Å². The van der Waals surface area contributed by atoms with Gasteiger partial charge in [-0.25, -0.2) is 4.79 Å². The third kappa shape index (κ3) is 2.98. The normalized spacial score (nSPS) is 14.5. The molecule has 0 spiro atoms. The molecule has 0 aromatic heterocycles. The molecule has 28 heavy (non-hydrogen) atoms. The lowest BCUT2D eigenvalue weighted by molar-refractivity contribution is -0.133. The van der Waals surface area contributed by atoms with E-state index in [0.717, 1.165) is 16.7 Å². The standard InChI is InChI=1S/C24H19ClO3/c1-16-13-22-19(14-21(16)25)20(23(26)27-2)15-24(28-22,17-9-5-3-6-10-17)18-11-7-4-8-12-18/h3-15H,1-2H3. The fourth-order valence-electron chi connectivity index (χ4n) is 3.54. The van der Waals surface area contributed by atoms with Gasteiger partial charge in [0.15, 0.2) is 5.60 Å². The number of fused-ring (bicyclic) bond motifs is 1. The van der Waals surface area contributed by atoms with Gasteiger partial charge in [-0.3, -0.25) is 0 Å². The van der Waals surface area contributed by atoms with Gasteiger partial charge in [0, 0.05) is 21.7 Å². The molecule has 0 saturated heterocycles. The topological polar surface area (TPSA) is 35.5 Å². The summed E-state index contributed by atoms with van der Waals surface area (Å²) in [5, 5.41) is 0.573. The summed E-state index contributed by atoms with van der Waals surface area (Å²) in [7, 11) is 1.38. The van der Waals surface area contributed by atoms with Crippen molar-refractivity contribution >= 4 is 23.1 Å². The number of hydrogen-bond donors (Lipinski definition) is 0. The maximum atomic E-state index is 12.7. The van der Waals surface area contributed by atoms with Crippen LogP contribution in [0.15, 0.2) is 78.9 Å². The molecule has 0 bridgehead atoms. The fourth-order valence-corrected chi connectivity index (χ4v) is 3.70. The molecule has 0 atom stereocenters. The monoisotopic (exact) mass is 390 g/mol. The van der Waals surface area contributed by atoms with Gasteiger partial charge in [-0.05, 0) is 30.7 Å². The Bertz CT molecular complexity index is 1020.